The number of aliphatic hydroxyl groups excluding tert-OH is 1. The molecule has 180 valence electrons. The number of anilines is 1. The summed E-state index contributed by atoms with van der Waals surface area (Å²) >= 11 is 0. The van der Waals surface area contributed by atoms with E-state index in [9.17, 15) is 9.59 Å². The molecule has 0 fully saturated rings. The van der Waals surface area contributed by atoms with Gasteiger partial charge in [-0.15, -0.1) is 0 Å². The van der Waals surface area contributed by atoms with Gasteiger partial charge in [-0.3, -0.25) is 9.55 Å². The Balaban J connectivity index is 1.71. The molecule has 0 unspecified atom stereocenters. The molecule has 4 aromatic rings. The van der Waals surface area contributed by atoms with E-state index in [0.29, 0.717) is 23.1 Å². The number of nitrogens with zero attached hydrogens (tertiary/aromatic N) is 4. The minimum Gasteiger partial charge on any atom is -0.439 e. The van der Waals surface area contributed by atoms with E-state index in [-0.39, 0.29) is 31.7 Å². The molecule has 4 N–H and O–H groups in total. The average Bonchev–Trinajstić information content (AvgIpc) is 2.84. The topological polar surface area (TPSA) is 141 Å². The number of aromatic nitrogens is 4. The minimum absolute atomic E-state index is 0.100. The Morgan fingerprint density at radius 3 is 2.46 bits per heavy atom. The molecule has 2 aromatic heterocycles. The van der Waals surface area contributed by atoms with Crippen LogP contribution in [0.2, 0.25) is 0 Å². The predicted octanol–water partition coefficient (Wildman–Crippen LogP) is 2.08. The zero-order chi connectivity index (χ0) is 24.8. The quantitative estimate of drug-likeness (QED) is 0.357. The van der Waals surface area contributed by atoms with Crippen LogP contribution in [0.4, 0.5) is 11.5 Å². The van der Waals surface area contributed by atoms with Gasteiger partial charge in [-0.2, -0.15) is 4.98 Å². The Kier molecular flexibility index (Phi) is 7.22. The summed E-state index contributed by atoms with van der Waals surface area (Å²) < 4.78 is 8.17. The number of aliphatic hydroxyl groups is 1. The molecule has 35 heavy (non-hydrogen) atoms. The maximum Gasteiger partial charge on any atom is 0.335 e. The second-order valence-electron chi connectivity index (χ2n) is 7.95. The summed E-state index contributed by atoms with van der Waals surface area (Å²) in [6.07, 6.45) is 0.285. The van der Waals surface area contributed by atoms with Gasteiger partial charge in [-0.1, -0.05) is 35.9 Å². The number of hydrogen-bond acceptors (Lipinski definition) is 7. The average molecular weight is 475 g/mol. The fourth-order valence-electron chi connectivity index (χ4n) is 3.41. The fourth-order valence-corrected chi connectivity index (χ4v) is 3.41. The maximum atomic E-state index is 13.2. The van der Waals surface area contributed by atoms with Crippen molar-refractivity contribution < 1.29 is 9.84 Å². The standard InChI is InChI=1S/C25H26N6O4/c1-17-6-8-18(9-7-17)16-31-23(29-24(33)30(25(31)34)14-3-15-32)27-19-10-12-20(13-11-19)35-22-5-2-4-21(26)28-22/h2,4-13,32H,3,14-16H2,1H3,(H2,26,28)(H,27,29,33). The van der Waals surface area contributed by atoms with Crippen LogP contribution in [0.3, 0.4) is 0 Å². The highest BCUT2D eigenvalue weighted by Gasteiger charge is 2.10. The lowest BCUT2D eigenvalue weighted by molar-refractivity contribution is 0.276. The largest absolute Gasteiger partial charge is 0.439 e. The van der Waals surface area contributed by atoms with E-state index in [0.717, 1.165) is 15.7 Å². The number of nitrogen functional groups attached to an aromatic ring is 1. The monoisotopic (exact) mass is 474 g/mol. The number of aromatic amines is 1. The lowest BCUT2D eigenvalue weighted by Gasteiger charge is -2.11. The molecule has 0 spiro atoms. The Morgan fingerprint density at radius 2 is 1.77 bits per heavy atom. The fraction of sp³-hybridized carbons (Fsp3) is 0.200. The second-order valence-corrected chi connectivity index (χ2v) is 7.95. The minimum atomic E-state index is -0.588. The van der Waals surface area contributed by atoms with E-state index < -0.39 is 11.4 Å². The van der Waals surface area contributed by atoms with Gasteiger partial charge in [-0.25, -0.2) is 19.1 Å². The van der Waals surface area contributed by atoms with Gasteiger partial charge < -0.3 is 15.6 Å². The molecule has 2 heterocycles. The SMILES string of the molecule is Cc1ccc(Cn2c(=O)n(CCCO)c(=O)[nH]/c2=N\c2ccc(Oc3cccc(N)n3)cc2)cc1. The van der Waals surface area contributed by atoms with Crippen molar-refractivity contribution in [1.29, 1.82) is 0 Å². The van der Waals surface area contributed by atoms with Gasteiger partial charge in [0.15, 0.2) is 0 Å². The molecule has 0 aliphatic heterocycles. The van der Waals surface area contributed by atoms with Crippen LogP contribution in [0.5, 0.6) is 11.6 Å². The summed E-state index contributed by atoms with van der Waals surface area (Å²) in [6.45, 7) is 2.17. The Morgan fingerprint density at radius 1 is 1.03 bits per heavy atom. The molecule has 0 aliphatic carbocycles. The van der Waals surface area contributed by atoms with Crippen LogP contribution in [-0.2, 0) is 13.1 Å². The highest BCUT2D eigenvalue weighted by atomic mass is 16.5. The van der Waals surface area contributed by atoms with Gasteiger partial charge in [-0.05, 0) is 49.2 Å². The van der Waals surface area contributed by atoms with Gasteiger partial charge in [0.05, 0.1) is 12.2 Å². The predicted molar refractivity (Wildman–Crippen MR) is 132 cm³/mol. The van der Waals surface area contributed by atoms with Crippen molar-refractivity contribution in [3.63, 3.8) is 0 Å². The first-order valence-electron chi connectivity index (χ1n) is 11.1. The zero-order valence-corrected chi connectivity index (χ0v) is 19.2. The van der Waals surface area contributed by atoms with Crippen molar-refractivity contribution in [2.75, 3.05) is 12.3 Å². The summed E-state index contributed by atoms with van der Waals surface area (Å²) in [7, 11) is 0. The third-order valence-electron chi connectivity index (χ3n) is 5.22. The third-order valence-corrected chi connectivity index (χ3v) is 5.22. The van der Waals surface area contributed by atoms with Gasteiger partial charge in [0.2, 0.25) is 11.5 Å². The summed E-state index contributed by atoms with van der Waals surface area (Å²) in [6, 6.07) is 19.7. The molecule has 0 bridgehead atoms. The summed E-state index contributed by atoms with van der Waals surface area (Å²) in [4.78, 5) is 37.1. The van der Waals surface area contributed by atoms with E-state index in [1.165, 1.54) is 4.57 Å². The molecule has 10 nitrogen and oxygen atoms in total. The zero-order valence-electron chi connectivity index (χ0n) is 19.2. The van der Waals surface area contributed by atoms with Crippen LogP contribution in [0.1, 0.15) is 17.5 Å². The van der Waals surface area contributed by atoms with Gasteiger partial charge in [0, 0.05) is 19.2 Å². The van der Waals surface area contributed by atoms with Crippen LogP contribution in [0.15, 0.2) is 81.3 Å². The molecule has 0 saturated heterocycles. The highest BCUT2D eigenvalue weighted by molar-refractivity contribution is 5.42. The van der Waals surface area contributed by atoms with E-state index in [1.807, 2.05) is 31.2 Å². The molecule has 4 rings (SSSR count). The summed E-state index contributed by atoms with van der Waals surface area (Å²) in [5, 5.41) is 9.15. The molecule has 0 radical (unpaired) electrons. The van der Waals surface area contributed by atoms with E-state index in [1.54, 1.807) is 42.5 Å². The number of nitrogens with one attached hydrogen (secondary N) is 1. The number of benzene rings is 2. The first-order chi connectivity index (χ1) is 16.9. The lowest BCUT2D eigenvalue weighted by Crippen LogP contribution is -2.50. The van der Waals surface area contributed by atoms with Crippen molar-refractivity contribution in [3.05, 3.63) is 104 Å². The van der Waals surface area contributed by atoms with Crippen molar-refractivity contribution in [2.45, 2.75) is 26.4 Å². The first-order valence-corrected chi connectivity index (χ1v) is 11.1. The lowest BCUT2D eigenvalue weighted by atomic mass is 10.1. The van der Waals surface area contributed by atoms with Gasteiger partial charge in [0.25, 0.3) is 0 Å². The molecule has 0 saturated carbocycles. The van der Waals surface area contributed by atoms with Crippen LogP contribution in [0, 0.1) is 6.92 Å². The number of rotatable bonds is 8. The van der Waals surface area contributed by atoms with E-state index in [4.69, 9.17) is 15.6 Å². The molecular formula is C25H26N6O4. The number of ether oxygens (including phenoxy) is 1. The molecule has 10 heteroatoms. The van der Waals surface area contributed by atoms with Crippen molar-refractivity contribution in [3.8, 4) is 11.6 Å². The van der Waals surface area contributed by atoms with E-state index in [2.05, 4.69) is 15.0 Å². The van der Waals surface area contributed by atoms with Gasteiger partial charge >= 0.3 is 11.4 Å². The van der Waals surface area contributed by atoms with Crippen LogP contribution in [-0.4, -0.2) is 30.8 Å². The Hall–Kier alpha value is -4.44. The summed E-state index contributed by atoms with van der Waals surface area (Å²) in [5.74, 6) is 1.24. The van der Waals surface area contributed by atoms with Crippen LogP contribution < -0.4 is 27.5 Å². The molecule has 0 amide bonds. The number of aryl methyl sites for hydroxylation is 1. The van der Waals surface area contributed by atoms with Crippen molar-refractivity contribution in [1.82, 2.24) is 19.1 Å². The molecule has 2 aromatic carbocycles. The number of nitrogens with two attached hydrogens (primary N) is 1. The van der Waals surface area contributed by atoms with Gasteiger partial charge in [0.1, 0.15) is 11.6 Å². The van der Waals surface area contributed by atoms with Crippen LogP contribution >= 0.6 is 0 Å². The third kappa shape index (κ3) is 5.92. The Labute approximate surface area is 200 Å². The number of hydrogen-bond donors (Lipinski definition) is 3. The molecule has 0 atom stereocenters. The van der Waals surface area contributed by atoms with Crippen molar-refractivity contribution in [2.24, 2.45) is 4.99 Å². The molecular weight excluding hydrogens is 448 g/mol. The smallest absolute Gasteiger partial charge is 0.335 e. The first kappa shape index (κ1) is 23.7. The second kappa shape index (κ2) is 10.7. The highest BCUT2D eigenvalue weighted by Crippen LogP contribution is 2.22. The maximum absolute atomic E-state index is 13.2. The Bertz CT molecular complexity index is 1480. The van der Waals surface area contributed by atoms with Crippen LogP contribution in [0.25, 0.3) is 0 Å². The number of H-pyrrole nitrogens is 1. The normalized spacial score (nSPS) is 11.5. The van der Waals surface area contributed by atoms with E-state index >= 15 is 0 Å². The van der Waals surface area contributed by atoms with Crippen molar-refractivity contribution >= 4 is 11.5 Å². The summed E-state index contributed by atoms with van der Waals surface area (Å²) in [5.41, 5.74) is 7.20. The molecule has 0 aliphatic rings. The number of pyridine rings is 1.